The summed E-state index contributed by atoms with van der Waals surface area (Å²) in [4.78, 5) is 18.8. The SMILES string of the molecule is CN(Cc1ccccc1)[C@@H]1CC[C@@H](C(=O)NCc2cn(C)cn2)[C@@H]1O. The lowest BCUT2D eigenvalue weighted by molar-refractivity contribution is -0.128. The van der Waals surface area contributed by atoms with Crippen molar-refractivity contribution in [2.75, 3.05) is 7.05 Å². The minimum absolute atomic E-state index is 0.00538. The number of amides is 1. The van der Waals surface area contributed by atoms with E-state index in [2.05, 4.69) is 27.3 Å². The number of imidazole rings is 1. The van der Waals surface area contributed by atoms with Crippen LogP contribution in [0.2, 0.25) is 0 Å². The molecule has 6 heteroatoms. The Hall–Kier alpha value is -2.18. The van der Waals surface area contributed by atoms with Gasteiger partial charge >= 0.3 is 0 Å². The standard InChI is InChI=1S/C19H26N4O2/c1-22-12-15(21-13-22)10-20-19(25)16-8-9-17(18(16)24)23(2)11-14-6-4-3-5-7-14/h3-7,12-13,16-18,24H,8-11H2,1-2H3,(H,20,25)/t16-,17-,18+/m1/s1. The third-order valence-electron chi connectivity index (χ3n) is 4.96. The van der Waals surface area contributed by atoms with E-state index in [-0.39, 0.29) is 17.9 Å². The van der Waals surface area contributed by atoms with Gasteiger partial charge in [0.2, 0.25) is 5.91 Å². The number of aliphatic hydroxyl groups excluding tert-OH is 1. The van der Waals surface area contributed by atoms with E-state index < -0.39 is 6.10 Å². The van der Waals surface area contributed by atoms with Gasteiger partial charge in [-0.3, -0.25) is 9.69 Å². The maximum atomic E-state index is 12.4. The number of benzene rings is 1. The highest BCUT2D eigenvalue weighted by Gasteiger charge is 2.40. The predicted molar refractivity (Wildman–Crippen MR) is 95.5 cm³/mol. The molecule has 0 bridgehead atoms. The Morgan fingerprint density at radius 1 is 1.36 bits per heavy atom. The van der Waals surface area contributed by atoms with E-state index >= 15 is 0 Å². The monoisotopic (exact) mass is 342 g/mol. The molecule has 1 heterocycles. The Labute approximate surface area is 148 Å². The van der Waals surface area contributed by atoms with Gasteiger partial charge in [-0.15, -0.1) is 0 Å². The number of aromatic nitrogens is 2. The number of hydrogen-bond acceptors (Lipinski definition) is 4. The van der Waals surface area contributed by atoms with Crippen LogP contribution >= 0.6 is 0 Å². The van der Waals surface area contributed by atoms with Crippen molar-refractivity contribution in [3.63, 3.8) is 0 Å². The van der Waals surface area contributed by atoms with E-state index in [1.807, 2.05) is 43.1 Å². The smallest absolute Gasteiger partial charge is 0.226 e. The Morgan fingerprint density at radius 3 is 2.80 bits per heavy atom. The molecule has 25 heavy (non-hydrogen) atoms. The Kier molecular flexibility index (Phi) is 5.50. The van der Waals surface area contributed by atoms with Crippen molar-refractivity contribution in [3.05, 3.63) is 54.1 Å². The number of hydrogen-bond donors (Lipinski definition) is 2. The molecule has 0 radical (unpaired) electrons. The molecule has 0 saturated heterocycles. The summed E-state index contributed by atoms with van der Waals surface area (Å²) in [6.45, 7) is 1.16. The van der Waals surface area contributed by atoms with E-state index in [1.165, 1.54) is 5.56 Å². The third kappa shape index (κ3) is 4.27. The van der Waals surface area contributed by atoms with Crippen LogP contribution in [0.3, 0.4) is 0 Å². The van der Waals surface area contributed by atoms with Gasteiger partial charge in [-0.05, 0) is 25.5 Å². The average Bonchev–Trinajstić information content (AvgIpc) is 3.19. The molecule has 6 nitrogen and oxygen atoms in total. The maximum absolute atomic E-state index is 12.4. The molecule has 1 aromatic carbocycles. The van der Waals surface area contributed by atoms with Gasteiger partial charge in [-0.25, -0.2) is 4.98 Å². The van der Waals surface area contributed by atoms with Crippen LogP contribution in [0, 0.1) is 5.92 Å². The molecule has 0 spiro atoms. The average molecular weight is 342 g/mol. The van der Waals surface area contributed by atoms with Crippen molar-refractivity contribution in [3.8, 4) is 0 Å². The first kappa shape index (κ1) is 17.6. The van der Waals surface area contributed by atoms with E-state index in [1.54, 1.807) is 6.33 Å². The van der Waals surface area contributed by atoms with Gasteiger partial charge in [-0.1, -0.05) is 30.3 Å². The van der Waals surface area contributed by atoms with Crippen molar-refractivity contribution in [2.45, 2.75) is 38.1 Å². The zero-order valence-electron chi connectivity index (χ0n) is 14.8. The second-order valence-corrected chi connectivity index (χ2v) is 6.89. The molecule has 0 aliphatic heterocycles. The third-order valence-corrected chi connectivity index (χ3v) is 4.96. The Morgan fingerprint density at radius 2 is 2.12 bits per heavy atom. The highest BCUT2D eigenvalue weighted by molar-refractivity contribution is 5.79. The van der Waals surface area contributed by atoms with Crippen molar-refractivity contribution < 1.29 is 9.90 Å². The number of carbonyl (C=O) groups is 1. The molecule has 0 unspecified atom stereocenters. The summed E-state index contributed by atoms with van der Waals surface area (Å²) in [5, 5.41) is 13.5. The molecule has 2 aromatic rings. The van der Waals surface area contributed by atoms with Crippen LogP contribution in [-0.4, -0.2) is 44.7 Å². The van der Waals surface area contributed by atoms with E-state index in [4.69, 9.17) is 0 Å². The minimum Gasteiger partial charge on any atom is -0.391 e. The number of aryl methyl sites for hydroxylation is 1. The van der Waals surface area contributed by atoms with Crippen LogP contribution in [0.5, 0.6) is 0 Å². The van der Waals surface area contributed by atoms with Crippen LogP contribution in [-0.2, 0) is 24.9 Å². The quantitative estimate of drug-likeness (QED) is 0.830. The van der Waals surface area contributed by atoms with Gasteiger partial charge in [0, 0.05) is 25.8 Å². The van der Waals surface area contributed by atoms with E-state index in [0.29, 0.717) is 13.0 Å². The van der Waals surface area contributed by atoms with Crippen LogP contribution in [0.1, 0.15) is 24.1 Å². The van der Waals surface area contributed by atoms with Crippen molar-refractivity contribution in [1.29, 1.82) is 0 Å². The number of rotatable bonds is 6. The molecule has 134 valence electrons. The Bertz CT molecular complexity index is 700. The normalized spacial score (nSPS) is 23.1. The maximum Gasteiger partial charge on any atom is 0.226 e. The van der Waals surface area contributed by atoms with E-state index in [0.717, 1.165) is 18.7 Å². The fraction of sp³-hybridized carbons (Fsp3) is 0.474. The first-order valence-electron chi connectivity index (χ1n) is 8.71. The van der Waals surface area contributed by atoms with Gasteiger partial charge in [-0.2, -0.15) is 0 Å². The molecule has 1 aromatic heterocycles. The van der Waals surface area contributed by atoms with Crippen molar-refractivity contribution in [1.82, 2.24) is 19.8 Å². The topological polar surface area (TPSA) is 70.4 Å². The first-order chi connectivity index (χ1) is 12.0. The van der Waals surface area contributed by atoms with E-state index in [9.17, 15) is 9.90 Å². The molecule has 3 rings (SSSR count). The number of likely N-dealkylation sites (N-methyl/N-ethyl adjacent to an activating group) is 1. The van der Waals surface area contributed by atoms with Crippen LogP contribution in [0.4, 0.5) is 0 Å². The molecular formula is C19H26N4O2. The minimum atomic E-state index is -0.641. The summed E-state index contributed by atoms with van der Waals surface area (Å²) in [5.74, 6) is -0.444. The number of nitrogens with zero attached hydrogens (tertiary/aromatic N) is 3. The van der Waals surface area contributed by atoms with Crippen molar-refractivity contribution >= 4 is 5.91 Å². The largest absolute Gasteiger partial charge is 0.391 e. The number of nitrogens with one attached hydrogen (secondary N) is 1. The summed E-state index contributed by atoms with van der Waals surface area (Å²) >= 11 is 0. The molecule has 1 saturated carbocycles. The first-order valence-corrected chi connectivity index (χ1v) is 8.71. The van der Waals surface area contributed by atoms with Gasteiger partial charge in [0.1, 0.15) is 0 Å². The second-order valence-electron chi connectivity index (χ2n) is 6.89. The molecular weight excluding hydrogens is 316 g/mol. The van der Waals surface area contributed by atoms with Gasteiger partial charge < -0.3 is 15.0 Å². The van der Waals surface area contributed by atoms with Gasteiger partial charge in [0.25, 0.3) is 0 Å². The lowest BCUT2D eigenvalue weighted by Crippen LogP contribution is -2.43. The molecule has 1 fully saturated rings. The van der Waals surface area contributed by atoms with Gasteiger partial charge in [0.05, 0.1) is 30.6 Å². The summed E-state index contributed by atoms with van der Waals surface area (Å²) in [5.41, 5.74) is 2.03. The summed E-state index contributed by atoms with van der Waals surface area (Å²) < 4.78 is 1.85. The molecule has 1 aliphatic carbocycles. The Balaban J connectivity index is 1.53. The lowest BCUT2D eigenvalue weighted by atomic mass is 10.0. The highest BCUT2D eigenvalue weighted by atomic mass is 16.3. The summed E-state index contributed by atoms with van der Waals surface area (Å²) in [6.07, 6.45) is 4.48. The summed E-state index contributed by atoms with van der Waals surface area (Å²) in [7, 11) is 3.90. The van der Waals surface area contributed by atoms with Crippen LogP contribution < -0.4 is 5.32 Å². The van der Waals surface area contributed by atoms with Crippen LogP contribution in [0.15, 0.2) is 42.9 Å². The zero-order valence-corrected chi connectivity index (χ0v) is 14.8. The van der Waals surface area contributed by atoms with Crippen molar-refractivity contribution in [2.24, 2.45) is 13.0 Å². The fourth-order valence-electron chi connectivity index (χ4n) is 3.58. The molecule has 1 amide bonds. The zero-order chi connectivity index (χ0) is 17.8. The number of aliphatic hydroxyl groups is 1. The number of carbonyl (C=O) groups excluding carboxylic acids is 1. The lowest BCUT2D eigenvalue weighted by Gasteiger charge is -2.28. The molecule has 1 aliphatic rings. The highest BCUT2D eigenvalue weighted by Crippen LogP contribution is 2.30. The summed E-state index contributed by atoms with van der Waals surface area (Å²) in [6, 6.07) is 10.2. The fourth-order valence-corrected chi connectivity index (χ4v) is 3.58. The van der Waals surface area contributed by atoms with Gasteiger partial charge in [0.15, 0.2) is 0 Å². The second kappa shape index (κ2) is 7.80. The predicted octanol–water partition coefficient (Wildman–Crippen LogP) is 1.31. The molecule has 3 atom stereocenters. The van der Waals surface area contributed by atoms with Crippen LogP contribution in [0.25, 0.3) is 0 Å². The molecule has 2 N–H and O–H groups in total.